The van der Waals surface area contributed by atoms with Crippen molar-refractivity contribution < 1.29 is 19.7 Å². The molecule has 4 atom stereocenters. The molecule has 42 heavy (non-hydrogen) atoms. The molecule has 0 saturated carbocycles. The maximum absolute atomic E-state index is 12.6. The highest BCUT2D eigenvalue weighted by molar-refractivity contribution is 5.92. The third-order valence-corrected chi connectivity index (χ3v) is 9.93. The lowest BCUT2D eigenvalue weighted by atomic mass is 9.55. The van der Waals surface area contributed by atoms with Gasteiger partial charge in [0.15, 0.2) is 11.5 Å². The van der Waals surface area contributed by atoms with Crippen LogP contribution in [-0.4, -0.2) is 61.7 Å². The molecule has 6 rings (SSSR count). The summed E-state index contributed by atoms with van der Waals surface area (Å²) in [7, 11) is 7.98. The lowest BCUT2D eigenvalue weighted by Gasteiger charge is -2.54. The molecule has 0 saturated heterocycles. The lowest BCUT2D eigenvalue weighted by Crippen LogP contribution is -2.58. The first-order valence-electron chi connectivity index (χ1n) is 14.4. The van der Waals surface area contributed by atoms with Gasteiger partial charge in [0.25, 0.3) is 0 Å². The molecule has 7 nitrogen and oxygen atoms in total. The third kappa shape index (κ3) is 3.73. The van der Waals surface area contributed by atoms with Crippen molar-refractivity contribution in [2.75, 3.05) is 39.9 Å². The van der Waals surface area contributed by atoms with Crippen molar-refractivity contribution in [3.05, 3.63) is 94.4 Å². The van der Waals surface area contributed by atoms with Crippen molar-refractivity contribution in [3.8, 4) is 22.6 Å². The SMILES string of the molecule is C=C(N)C1=C(O)[C@@H](N(C)C)[C@@H]2C[C@@H]3Cc4c(N(C)C)cc(-c5ccc6c(c5)OCO6)c(C)c4C(=C)C3=C(C)[C@]2(O)C1=C. The fourth-order valence-electron chi connectivity index (χ4n) is 8.08. The number of anilines is 1. The van der Waals surface area contributed by atoms with Gasteiger partial charge in [0.05, 0.1) is 6.04 Å². The van der Waals surface area contributed by atoms with Crippen molar-refractivity contribution >= 4 is 11.3 Å². The summed E-state index contributed by atoms with van der Waals surface area (Å²) in [5.74, 6) is 1.42. The van der Waals surface area contributed by atoms with Gasteiger partial charge in [-0.1, -0.05) is 25.8 Å². The lowest BCUT2D eigenvalue weighted by molar-refractivity contribution is -0.0178. The Kier molecular flexibility index (Phi) is 6.41. The maximum atomic E-state index is 12.6. The molecule has 4 N–H and O–H groups in total. The van der Waals surface area contributed by atoms with E-state index in [1.807, 2.05) is 38.1 Å². The molecule has 1 aliphatic heterocycles. The Hall–Kier alpha value is -3.94. The zero-order valence-corrected chi connectivity index (χ0v) is 25.5. The molecule has 2 aromatic carbocycles. The van der Waals surface area contributed by atoms with Gasteiger partial charge in [-0.15, -0.1) is 0 Å². The minimum absolute atomic E-state index is 0.121. The van der Waals surface area contributed by atoms with E-state index in [0.717, 1.165) is 62.6 Å². The second-order valence-electron chi connectivity index (χ2n) is 12.6. The van der Waals surface area contributed by atoms with E-state index in [4.69, 9.17) is 15.2 Å². The molecular weight excluding hydrogens is 526 g/mol. The Morgan fingerprint density at radius 2 is 1.76 bits per heavy atom. The number of ether oxygens (including phenoxy) is 2. The highest BCUT2D eigenvalue weighted by Crippen LogP contribution is 2.58. The minimum atomic E-state index is -1.40. The number of aliphatic hydroxyl groups is 2. The quantitative estimate of drug-likeness (QED) is 0.450. The molecule has 0 spiro atoms. The highest BCUT2D eigenvalue weighted by atomic mass is 16.7. The van der Waals surface area contributed by atoms with E-state index in [9.17, 15) is 10.2 Å². The Labute approximate surface area is 248 Å². The summed E-state index contributed by atoms with van der Waals surface area (Å²) < 4.78 is 11.2. The number of likely N-dealkylation sites (N-methyl/N-ethyl adjacent to an activating group) is 1. The Morgan fingerprint density at radius 1 is 1.07 bits per heavy atom. The van der Waals surface area contributed by atoms with Gasteiger partial charge < -0.3 is 30.3 Å². The fraction of sp³-hybridized carbons (Fsp3) is 0.371. The summed E-state index contributed by atoms with van der Waals surface area (Å²) in [5, 5.41) is 24.0. The number of benzene rings is 2. The predicted octanol–water partition coefficient (Wildman–Crippen LogP) is 5.49. The van der Waals surface area contributed by atoms with E-state index >= 15 is 0 Å². The van der Waals surface area contributed by atoms with Crippen LogP contribution in [0.2, 0.25) is 0 Å². The van der Waals surface area contributed by atoms with Crippen LogP contribution < -0.4 is 20.1 Å². The van der Waals surface area contributed by atoms with Gasteiger partial charge in [0.2, 0.25) is 6.79 Å². The molecule has 0 radical (unpaired) electrons. The van der Waals surface area contributed by atoms with Gasteiger partial charge in [-0.2, -0.15) is 0 Å². The fourth-order valence-corrected chi connectivity index (χ4v) is 8.08. The standard InChI is InChI=1S/C35H41N3O4/c1-17-24(22-10-11-28-29(14-22)42-16-41-28)15-27(37(6)7)25-12-23-13-26-33(38(8)9)34(39)32(21(5)36)20(4)35(26,40)19(3)31(23)18(2)30(17)25/h10-11,14-15,23,26,33,39-40H,2,4-5,12-13,16,36H2,1,3,6-9H3/t23-,26-,33-,35-/m0/s1. The van der Waals surface area contributed by atoms with Gasteiger partial charge >= 0.3 is 0 Å². The smallest absolute Gasteiger partial charge is 0.231 e. The largest absolute Gasteiger partial charge is 0.510 e. The summed E-state index contributed by atoms with van der Waals surface area (Å²) in [4.78, 5) is 4.12. The van der Waals surface area contributed by atoms with Gasteiger partial charge in [-0.25, -0.2) is 0 Å². The number of rotatable bonds is 4. The summed E-state index contributed by atoms with van der Waals surface area (Å²) in [6.45, 7) is 17.3. The molecular formula is C35H41N3O4. The highest BCUT2D eigenvalue weighted by Gasteiger charge is 2.57. The van der Waals surface area contributed by atoms with Crippen LogP contribution in [0.3, 0.4) is 0 Å². The van der Waals surface area contributed by atoms with E-state index in [0.29, 0.717) is 17.6 Å². The molecule has 0 fully saturated rings. The van der Waals surface area contributed by atoms with E-state index in [1.54, 1.807) is 0 Å². The average Bonchev–Trinajstić information content (AvgIpc) is 3.38. The van der Waals surface area contributed by atoms with E-state index in [1.165, 1.54) is 5.56 Å². The number of hydrogen-bond donors (Lipinski definition) is 3. The average molecular weight is 568 g/mol. The number of nitrogens with zero attached hydrogens (tertiary/aromatic N) is 2. The molecule has 220 valence electrons. The van der Waals surface area contributed by atoms with Crippen molar-refractivity contribution in [3.63, 3.8) is 0 Å². The molecule has 4 aliphatic rings. The van der Waals surface area contributed by atoms with Crippen LogP contribution >= 0.6 is 0 Å². The number of nitrogens with two attached hydrogens (primary N) is 1. The van der Waals surface area contributed by atoms with Crippen LogP contribution in [0.4, 0.5) is 5.69 Å². The van der Waals surface area contributed by atoms with Crippen molar-refractivity contribution in [1.29, 1.82) is 0 Å². The van der Waals surface area contributed by atoms with Crippen LogP contribution in [0.25, 0.3) is 16.7 Å². The van der Waals surface area contributed by atoms with Crippen molar-refractivity contribution in [2.45, 2.75) is 38.3 Å². The van der Waals surface area contributed by atoms with Crippen LogP contribution in [-0.2, 0) is 6.42 Å². The molecule has 1 heterocycles. The molecule has 0 aromatic heterocycles. The molecule has 0 unspecified atom stereocenters. The summed E-state index contributed by atoms with van der Waals surface area (Å²) in [6, 6.07) is 7.89. The zero-order chi connectivity index (χ0) is 30.4. The predicted molar refractivity (Wildman–Crippen MR) is 169 cm³/mol. The number of aliphatic hydroxyl groups excluding tert-OH is 1. The van der Waals surface area contributed by atoms with E-state index in [-0.39, 0.29) is 30.1 Å². The van der Waals surface area contributed by atoms with Gasteiger partial charge in [-0.3, -0.25) is 4.90 Å². The zero-order valence-electron chi connectivity index (χ0n) is 25.5. The molecule has 0 bridgehead atoms. The Balaban J connectivity index is 1.56. The first-order chi connectivity index (χ1) is 19.8. The summed E-state index contributed by atoms with van der Waals surface area (Å²) in [6.07, 6.45) is 1.46. The summed E-state index contributed by atoms with van der Waals surface area (Å²) in [5.41, 5.74) is 15.3. The molecule has 2 aromatic rings. The second kappa shape index (κ2) is 9.54. The van der Waals surface area contributed by atoms with Crippen LogP contribution in [0.5, 0.6) is 11.5 Å². The van der Waals surface area contributed by atoms with Gasteiger partial charge in [-0.05, 0) is 115 Å². The number of hydrogen-bond acceptors (Lipinski definition) is 7. The van der Waals surface area contributed by atoms with Crippen LogP contribution in [0.15, 0.2) is 77.8 Å². The van der Waals surface area contributed by atoms with Crippen LogP contribution in [0.1, 0.15) is 30.0 Å². The van der Waals surface area contributed by atoms with Gasteiger partial charge in [0, 0.05) is 37.0 Å². The van der Waals surface area contributed by atoms with E-state index < -0.39 is 11.6 Å². The topological polar surface area (TPSA) is 91.4 Å². The summed E-state index contributed by atoms with van der Waals surface area (Å²) >= 11 is 0. The number of fused-ring (bicyclic) bond motifs is 4. The first-order valence-corrected chi connectivity index (χ1v) is 14.4. The van der Waals surface area contributed by atoms with Crippen molar-refractivity contribution in [1.82, 2.24) is 4.90 Å². The van der Waals surface area contributed by atoms with Crippen molar-refractivity contribution in [2.24, 2.45) is 17.6 Å². The second-order valence-corrected chi connectivity index (χ2v) is 12.6. The first kappa shape index (κ1) is 28.2. The molecule has 3 aliphatic carbocycles. The van der Waals surface area contributed by atoms with Crippen LogP contribution in [0, 0.1) is 18.8 Å². The molecule has 0 amide bonds. The minimum Gasteiger partial charge on any atom is -0.510 e. The normalized spacial score (nSPS) is 26.3. The monoisotopic (exact) mass is 567 g/mol. The molecule has 7 heteroatoms. The van der Waals surface area contributed by atoms with Gasteiger partial charge in [0.1, 0.15) is 11.4 Å². The number of allylic oxidation sites excluding steroid dienone is 3. The maximum Gasteiger partial charge on any atom is 0.231 e. The Bertz CT molecular complexity index is 1650. The third-order valence-electron chi connectivity index (χ3n) is 9.93. The van der Waals surface area contributed by atoms with E-state index in [2.05, 4.69) is 57.8 Å². The Morgan fingerprint density at radius 3 is 2.40 bits per heavy atom.